The summed E-state index contributed by atoms with van der Waals surface area (Å²) in [6, 6.07) is 8.34. The summed E-state index contributed by atoms with van der Waals surface area (Å²) in [7, 11) is 0. The van der Waals surface area contributed by atoms with Gasteiger partial charge in [-0.25, -0.2) is 0 Å². The Morgan fingerprint density at radius 3 is 2.28 bits per heavy atom. The molecule has 0 bridgehead atoms. The molecule has 0 unspecified atom stereocenters. The molecule has 0 fully saturated rings. The van der Waals surface area contributed by atoms with Gasteiger partial charge in [0.05, 0.1) is 16.0 Å². The number of nitrogens with zero attached hydrogens (tertiary/aromatic N) is 1. The molecule has 4 rings (SSSR count). The molecule has 2 N–H and O–H groups in total. The molecule has 0 spiro atoms. The molecule has 1 aromatic carbocycles. The smallest absolute Gasteiger partial charge is 0.271 e. The summed E-state index contributed by atoms with van der Waals surface area (Å²) in [4.78, 5) is 51.9. The van der Waals surface area contributed by atoms with Gasteiger partial charge >= 0.3 is 0 Å². The minimum Gasteiger partial charge on any atom is -0.271 e. The fourth-order valence-electron chi connectivity index (χ4n) is 3.71. The first-order valence-corrected chi connectivity index (χ1v) is 10.5. The van der Waals surface area contributed by atoms with E-state index in [4.69, 9.17) is 0 Å². The second-order valence-corrected chi connectivity index (χ2v) is 8.35. The lowest BCUT2D eigenvalue weighted by Crippen LogP contribution is -2.47. The molecule has 4 amide bonds. The lowest BCUT2D eigenvalue weighted by atomic mass is 10.00. The quantitative estimate of drug-likeness (QED) is 0.599. The van der Waals surface area contributed by atoms with Gasteiger partial charge in [-0.2, -0.15) is 0 Å². The molecule has 0 atom stereocenters. The second kappa shape index (κ2) is 8.16. The number of aryl methyl sites for hydroxylation is 2. The van der Waals surface area contributed by atoms with Crippen molar-refractivity contribution >= 4 is 35.0 Å². The highest BCUT2D eigenvalue weighted by atomic mass is 32.1. The summed E-state index contributed by atoms with van der Waals surface area (Å²) in [5.74, 6) is -2.05. The van der Waals surface area contributed by atoms with E-state index in [1.807, 2.05) is 6.07 Å². The van der Waals surface area contributed by atoms with Gasteiger partial charge in [-0.1, -0.05) is 25.0 Å². The maximum atomic E-state index is 12.4. The molecular weight excluding hydrogens is 390 g/mol. The zero-order chi connectivity index (χ0) is 20.4. The highest BCUT2D eigenvalue weighted by Gasteiger charge is 2.36. The monoisotopic (exact) mass is 411 g/mol. The molecular formula is C21H21N3O4S. The lowest BCUT2D eigenvalue weighted by Gasteiger charge is -2.13. The maximum Gasteiger partial charge on any atom is 0.279 e. The largest absolute Gasteiger partial charge is 0.279 e. The van der Waals surface area contributed by atoms with Gasteiger partial charge in [0.1, 0.15) is 6.54 Å². The Balaban J connectivity index is 1.34. The summed E-state index contributed by atoms with van der Waals surface area (Å²) in [6.07, 6.45) is 6.65. The highest BCUT2D eigenvalue weighted by molar-refractivity contribution is 7.14. The number of carbonyl (C=O) groups is 4. The summed E-state index contributed by atoms with van der Waals surface area (Å²) >= 11 is 1.46. The number of hydrogen-bond acceptors (Lipinski definition) is 5. The van der Waals surface area contributed by atoms with Crippen LogP contribution in [-0.4, -0.2) is 35.1 Å². The Hall–Kier alpha value is -3.00. The molecule has 2 aliphatic rings. The molecule has 2 heterocycles. The first-order valence-electron chi connectivity index (χ1n) is 9.70. The van der Waals surface area contributed by atoms with Crippen LogP contribution in [0.3, 0.4) is 0 Å². The number of rotatable bonds is 3. The molecule has 1 aliphatic heterocycles. The SMILES string of the molecule is O=C(CN1C(=O)c2ccccc2C1=O)NNC(=O)c1cc2c(s1)CCCCCC2. The first kappa shape index (κ1) is 19.3. The summed E-state index contributed by atoms with van der Waals surface area (Å²) in [6.45, 7) is -0.451. The fourth-order valence-corrected chi connectivity index (χ4v) is 4.86. The number of imide groups is 1. The average Bonchev–Trinajstić information content (AvgIpc) is 3.20. The number of fused-ring (bicyclic) bond motifs is 2. The van der Waals surface area contributed by atoms with Crippen molar-refractivity contribution in [2.24, 2.45) is 0 Å². The van der Waals surface area contributed by atoms with Crippen molar-refractivity contribution in [2.45, 2.75) is 38.5 Å². The molecule has 0 saturated carbocycles. The molecule has 150 valence electrons. The van der Waals surface area contributed by atoms with Gasteiger partial charge in [0.15, 0.2) is 0 Å². The third kappa shape index (κ3) is 3.93. The van der Waals surface area contributed by atoms with Crippen LogP contribution in [0.25, 0.3) is 0 Å². The van der Waals surface area contributed by atoms with E-state index in [-0.39, 0.29) is 11.1 Å². The number of benzene rings is 1. The number of hydrazine groups is 1. The predicted molar refractivity (Wildman–Crippen MR) is 108 cm³/mol. The van der Waals surface area contributed by atoms with E-state index in [1.54, 1.807) is 24.3 Å². The molecule has 8 heteroatoms. The van der Waals surface area contributed by atoms with Crippen LogP contribution in [-0.2, 0) is 17.6 Å². The minimum atomic E-state index is -0.636. The van der Waals surface area contributed by atoms with Gasteiger partial charge in [0, 0.05) is 4.88 Å². The number of carbonyl (C=O) groups excluding carboxylic acids is 4. The third-order valence-corrected chi connectivity index (χ3v) is 6.45. The number of hydrogen-bond donors (Lipinski definition) is 2. The van der Waals surface area contributed by atoms with E-state index in [0.29, 0.717) is 4.88 Å². The zero-order valence-corrected chi connectivity index (χ0v) is 16.6. The molecule has 7 nitrogen and oxygen atoms in total. The molecule has 0 radical (unpaired) electrons. The molecule has 29 heavy (non-hydrogen) atoms. The van der Waals surface area contributed by atoms with E-state index >= 15 is 0 Å². The van der Waals surface area contributed by atoms with Crippen LogP contribution in [0.15, 0.2) is 30.3 Å². The number of thiophene rings is 1. The van der Waals surface area contributed by atoms with Crippen LogP contribution in [0, 0.1) is 0 Å². The van der Waals surface area contributed by atoms with Crippen LogP contribution in [0.5, 0.6) is 0 Å². The Labute approximate surface area is 172 Å². The van der Waals surface area contributed by atoms with Gasteiger partial charge in [-0.3, -0.25) is 34.9 Å². The Morgan fingerprint density at radius 1 is 0.931 bits per heavy atom. The van der Waals surface area contributed by atoms with Gasteiger partial charge in [0.25, 0.3) is 23.6 Å². The number of amides is 4. The second-order valence-electron chi connectivity index (χ2n) is 7.22. The van der Waals surface area contributed by atoms with Crippen molar-refractivity contribution < 1.29 is 19.2 Å². The minimum absolute atomic E-state index is 0.283. The highest BCUT2D eigenvalue weighted by Crippen LogP contribution is 2.28. The first-order chi connectivity index (χ1) is 14.0. The van der Waals surface area contributed by atoms with E-state index in [2.05, 4.69) is 10.9 Å². The van der Waals surface area contributed by atoms with Crippen molar-refractivity contribution in [1.29, 1.82) is 0 Å². The summed E-state index contributed by atoms with van der Waals surface area (Å²) in [5, 5.41) is 0. The Bertz CT molecular complexity index is 937. The van der Waals surface area contributed by atoms with Crippen LogP contribution in [0.2, 0.25) is 0 Å². The molecule has 0 saturated heterocycles. The van der Waals surface area contributed by atoms with Gasteiger partial charge in [-0.05, 0) is 49.4 Å². The fraction of sp³-hybridized carbons (Fsp3) is 0.333. The zero-order valence-electron chi connectivity index (χ0n) is 15.8. The van der Waals surface area contributed by atoms with E-state index in [9.17, 15) is 19.2 Å². The maximum absolute atomic E-state index is 12.4. The van der Waals surface area contributed by atoms with Crippen LogP contribution in [0.4, 0.5) is 0 Å². The van der Waals surface area contributed by atoms with Crippen molar-refractivity contribution in [2.75, 3.05) is 6.54 Å². The summed E-state index contributed by atoms with van der Waals surface area (Å²) < 4.78 is 0. The average molecular weight is 411 g/mol. The van der Waals surface area contributed by atoms with E-state index in [0.717, 1.165) is 30.6 Å². The third-order valence-electron chi connectivity index (χ3n) is 5.22. The van der Waals surface area contributed by atoms with E-state index in [1.165, 1.54) is 34.6 Å². The van der Waals surface area contributed by atoms with Crippen molar-refractivity contribution in [3.8, 4) is 0 Å². The lowest BCUT2D eigenvalue weighted by molar-refractivity contribution is -0.122. The van der Waals surface area contributed by atoms with Crippen LogP contribution < -0.4 is 10.9 Å². The van der Waals surface area contributed by atoms with E-state index < -0.39 is 30.2 Å². The van der Waals surface area contributed by atoms with Crippen molar-refractivity contribution in [3.63, 3.8) is 0 Å². The van der Waals surface area contributed by atoms with Gasteiger partial charge < -0.3 is 0 Å². The van der Waals surface area contributed by atoms with Crippen molar-refractivity contribution in [3.05, 3.63) is 56.8 Å². The number of nitrogens with one attached hydrogen (secondary N) is 2. The normalized spacial score (nSPS) is 15.9. The Kier molecular flexibility index (Phi) is 5.44. The predicted octanol–water partition coefficient (Wildman–Crippen LogP) is 2.46. The molecule has 2 aromatic rings. The van der Waals surface area contributed by atoms with Crippen molar-refractivity contribution in [1.82, 2.24) is 15.8 Å². The Morgan fingerprint density at radius 2 is 1.59 bits per heavy atom. The standard InChI is InChI=1S/C21H21N3O4S/c25-18(12-24-20(27)14-8-5-6-9-15(14)21(24)28)22-23-19(26)17-11-13-7-3-1-2-4-10-16(13)29-17/h5-6,8-9,11H,1-4,7,10,12H2,(H,22,25)(H,23,26). The summed E-state index contributed by atoms with van der Waals surface area (Å²) in [5.41, 5.74) is 6.47. The topological polar surface area (TPSA) is 95.6 Å². The van der Waals surface area contributed by atoms with Gasteiger partial charge in [-0.15, -0.1) is 11.3 Å². The molecule has 1 aliphatic carbocycles. The van der Waals surface area contributed by atoms with Crippen LogP contribution >= 0.6 is 11.3 Å². The van der Waals surface area contributed by atoms with Crippen LogP contribution in [0.1, 0.15) is 66.5 Å². The molecule has 1 aromatic heterocycles. The van der Waals surface area contributed by atoms with Gasteiger partial charge in [0.2, 0.25) is 0 Å².